The Labute approximate surface area is 187 Å². The first-order chi connectivity index (χ1) is 15.0. The van der Waals surface area contributed by atoms with Gasteiger partial charge in [0.05, 0.1) is 28.8 Å². The Bertz CT molecular complexity index is 1400. The van der Waals surface area contributed by atoms with Crippen LogP contribution >= 0.6 is 15.9 Å². The molecule has 4 aromatic rings. The number of aromatic nitrogens is 2. The molecule has 0 bridgehead atoms. The van der Waals surface area contributed by atoms with E-state index in [9.17, 15) is 10.1 Å². The topological polar surface area (TPSA) is 80.3 Å². The molecule has 0 unspecified atom stereocenters. The van der Waals surface area contributed by atoms with E-state index in [-0.39, 0.29) is 12.2 Å². The van der Waals surface area contributed by atoms with Gasteiger partial charge in [-0.1, -0.05) is 46.3 Å². The molecule has 0 amide bonds. The summed E-state index contributed by atoms with van der Waals surface area (Å²) in [6.07, 6.45) is 1.59. The zero-order valence-electron chi connectivity index (χ0n) is 16.6. The van der Waals surface area contributed by atoms with Crippen molar-refractivity contribution < 1.29 is 4.74 Å². The molecule has 152 valence electrons. The third kappa shape index (κ3) is 4.55. The van der Waals surface area contributed by atoms with E-state index in [0.717, 1.165) is 15.6 Å². The molecular formula is C24H17BrN4O2. The van der Waals surface area contributed by atoms with Gasteiger partial charge in [-0.15, -0.1) is 0 Å². The van der Waals surface area contributed by atoms with Gasteiger partial charge >= 0.3 is 0 Å². The summed E-state index contributed by atoms with van der Waals surface area (Å²) in [5.74, 6) is 1.14. The third-order valence-electron chi connectivity index (χ3n) is 4.68. The lowest BCUT2D eigenvalue weighted by atomic mass is 10.1. The highest BCUT2D eigenvalue weighted by molar-refractivity contribution is 9.10. The van der Waals surface area contributed by atoms with Crippen LogP contribution in [0.1, 0.15) is 22.5 Å². The Balaban J connectivity index is 1.58. The van der Waals surface area contributed by atoms with E-state index in [2.05, 4.69) is 32.1 Å². The zero-order valence-corrected chi connectivity index (χ0v) is 18.2. The Hall–Kier alpha value is -3.76. The summed E-state index contributed by atoms with van der Waals surface area (Å²) in [6, 6.07) is 22.2. The summed E-state index contributed by atoms with van der Waals surface area (Å²) in [5, 5.41) is 14.0. The van der Waals surface area contributed by atoms with Gasteiger partial charge in [0, 0.05) is 10.0 Å². The molecule has 0 aliphatic rings. The average molecular weight is 473 g/mol. The van der Waals surface area contributed by atoms with Crippen LogP contribution in [-0.4, -0.2) is 15.9 Å². The van der Waals surface area contributed by atoms with Gasteiger partial charge in [-0.2, -0.15) is 15.0 Å². The van der Waals surface area contributed by atoms with Gasteiger partial charge in [-0.25, -0.2) is 4.98 Å². The van der Waals surface area contributed by atoms with E-state index in [4.69, 9.17) is 4.74 Å². The van der Waals surface area contributed by atoms with Crippen molar-refractivity contribution in [2.75, 3.05) is 0 Å². The van der Waals surface area contributed by atoms with Crippen molar-refractivity contribution in [1.29, 1.82) is 5.26 Å². The maximum Gasteiger partial charge on any atom is 0.282 e. The fraction of sp³-hybridized carbons (Fsp3) is 0.0833. The second kappa shape index (κ2) is 8.94. The van der Waals surface area contributed by atoms with Crippen molar-refractivity contribution in [2.24, 2.45) is 5.10 Å². The number of aryl methyl sites for hydroxylation is 1. The molecule has 0 saturated carbocycles. The van der Waals surface area contributed by atoms with E-state index in [1.165, 1.54) is 4.68 Å². The Morgan fingerprint density at radius 1 is 1.16 bits per heavy atom. The van der Waals surface area contributed by atoms with Gasteiger partial charge < -0.3 is 4.74 Å². The van der Waals surface area contributed by atoms with Crippen LogP contribution in [0.5, 0.6) is 5.75 Å². The first kappa shape index (κ1) is 20.5. The monoisotopic (exact) mass is 472 g/mol. The normalized spacial score (nSPS) is 11.0. The summed E-state index contributed by atoms with van der Waals surface area (Å²) >= 11 is 3.39. The van der Waals surface area contributed by atoms with Gasteiger partial charge in [0.1, 0.15) is 18.2 Å². The van der Waals surface area contributed by atoms with Crippen LogP contribution in [0.2, 0.25) is 0 Å². The number of rotatable bonds is 5. The molecule has 0 aliphatic heterocycles. The Morgan fingerprint density at radius 2 is 2.00 bits per heavy atom. The SMILES string of the molecule is Cc1nc2ccc(Br)cc2c(=O)n1N=Cc1cccc(OCc2ccccc2C#N)c1. The standard InChI is InChI=1S/C24H17BrN4O2/c1-16-28-23-10-9-20(25)12-22(23)24(30)29(16)27-14-17-5-4-8-21(11-17)31-15-19-7-3-2-6-18(19)13-26/h2-12,14H,15H2,1H3. The minimum Gasteiger partial charge on any atom is -0.489 e. The number of halogens is 1. The first-order valence-electron chi connectivity index (χ1n) is 9.49. The predicted octanol–water partition coefficient (Wildman–Crippen LogP) is 4.80. The number of ether oxygens (including phenoxy) is 1. The van der Waals surface area contributed by atoms with Gasteiger partial charge in [0.25, 0.3) is 5.56 Å². The molecule has 0 spiro atoms. The summed E-state index contributed by atoms with van der Waals surface area (Å²) in [5.41, 5.74) is 2.57. The molecule has 0 radical (unpaired) electrons. The number of nitriles is 1. The van der Waals surface area contributed by atoms with Crippen LogP contribution in [0.25, 0.3) is 10.9 Å². The molecule has 1 heterocycles. The molecule has 6 nitrogen and oxygen atoms in total. The zero-order chi connectivity index (χ0) is 21.8. The number of benzene rings is 3. The largest absolute Gasteiger partial charge is 0.489 e. The van der Waals surface area contributed by atoms with Crippen LogP contribution in [0.4, 0.5) is 0 Å². The molecule has 0 fully saturated rings. The maximum atomic E-state index is 12.8. The number of hydrogen-bond acceptors (Lipinski definition) is 5. The van der Waals surface area contributed by atoms with E-state index in [1.807, 2.05) is 48.5 Å². The fourth-order valence-corrected chi connectivity index (χ4v) is 3.48. The third-order valence-corrected chi connectivity index (χ3v) is 5.18. The van der Waals surface area contributed by atoms with Crippen LogP contribution in [0.3, 0.4) is 0 Å². The van der Waals surface area contributed by atoms with Crippen molar-refractivity contribution in [3.8, 4) is 11.8 Å². The van der Waals surface area contributed by atoms with Crippen molar-refractivity contribution in [1.82, 2.24) is 9.66 Å². The molecular weight excluding hydrogens is 456 g/mol. The molecule has 0 N–H and O–H groups in total. The van der Waals surface area contributed by atoms with Gasteiger partial charge in [-0.05, 0) is 48.9 Å². The van der Waals surface area contributed by atoms with Crippen LogP contribution in [-0.2, 0) is 6.61 Å². The Kier molecular flexibility index (Phi) is 5.92. The fourth-order valence-electron chi connectivity index (χ4n) is 3.12. The first-order valence-corrected chi connectivity index (χ1v) is 10.3. The lowest BCUT2D eigenvalue weighted by molar-refractivity contribution is 0.306. The van der Waals surface area contributed by atoms with Crippen LogP contribution in [0.15, 0.2) is 81.1 Å². The molecule has 0 aliphatic carbocycles. The van der Waals surface area contributed by atoms with Crippen LogP contribution in [0, 0.1) is 18.3 Å². The molecule has 0 saturated heterocycles. The quantitative estimate of drug-likeness (QED) is 0.390. The van der Waals surface area contributed by atoms with E-state index >= 15 is 0 Å². The second-order valence-corrected chi connectivity index (χ2v) is 7.73. The highest BCUT2D eigenvalue weighted by Gasteiger charge is 2.08. The maximum absolute atomic E-state index is 12.8. The molecule has 4 rings (SSSR count). The minimum absolute atomic E-state index is 0.236. The minimum atomic E-state index is -0.236. The number of hydrogen-bond donors (Lipinski definition) is 0. The van der Waals surface area contributed by atoms with Crippen molar-refractivity contribution >= 4 is 33.0 Å². The summed E-state index contributed by atoms with van der Waals surface area (Å²) < 4.78 is 7.94. The highest BCUT2D eigenvalue weighted by Crippen LogP contribution is 2.17. The number of nitrogens with zero attached hydrogens (tertiary/aromatic N) is 4. The van der Waals surface area contributed by atoms with Gasteiger partial charge in [-0.3, -0.25) is 4.79 Å². The molecule has 7 heteroatoms. The molecule has 3 aromatic carbocycles. The average Bonchev–Trinajstić information content (AvgIpc) is 2.78. The lowest BCUT2D eigenvalue weighted by Crippen LogP contribution is -2.20. The molecule has 1 aromatic heterocycles. The van der Waals surface area contributed by atoms with Crippen molar-refractivity contribution in [3.63, 3.8) is 0 Å². The van der Waals surface area contributed by atoms with Crippen molar-refractivity contribution in [2.45, 2.75) is 13.5 Å². The van der Waals surface area contributed by atoms with E-state index in [0.29, 0.717) is 28.0 Å². The summed E-state index contributed by atoms with van der Waals surface area (Å²) in [7, 11) is 0. The van der Waals surface area contributed by atoms with Crippen molar-refractivity contribution in [3.05, 3.63) is 104 Å². The molecule has 31 heavy (non-hydrogen) atoms. The number of fused-ring (bicyclic) bond motifs is 1. The Morgan fingerprint density at radius 3 is 2.84 bits per heavy atom. The summed E-state index contributed by atoms with van der Waals surface area (Å²) in [4.78, 5) is 17.3. The van der Waals surface area contributed by atoms with Gasteiger partial charge in [0.15, 0.2) is 0 Å². The smallest absolute Gasteiger partial charge is 0.282 e. The molecule has 0 atom stereocenters. The summed E-state index contributed by atoms with van der Waals surface area (Å²) in [6.45, 7) is 2.03. The van der Waals surface area contributed by atoms with Crippen LogP contribution < -0.4 is 10.3 Å². The van der Waals surface area contributed by atoms with E-state index < -0.39 is 0 Å². The predicted molar refractivity (Wildman–Crippen MR) is 123 cm³/mol. The van der Waals surface area contributed by atoms with Gasteiger partial charge in [0.2, 0.25) is 0 Å². The van der Waals surface area contributed by atoms with E-state index in [1.54, 1.807) is 31.3 Å². The highest BCUT2D eigenvalue weighted by atomic mass is 79.9. The second-order valence-electron chi connectivity index (χ2n) is 6.81. The lowest BCUT2D eigenvalue weighted by Gasteiger charge is -2.08.